The number of carboxylic acids is 2. The highest BCUT2D eigenvalue weighted by Crippen LogP contribution is 2.33. The summed E-state index contributed by atoms with van der Waals surface area (Å²) in [5.74, 6) is -2.29. The number of aliphatic carboxylic acids is 2. The molecule has 2 N–H and O–H groups in total. The fourth-order valence-corrected chi connectivity index (χ4v) is 9.94. The lowest BCUT2D eigenvalue weighted by molar-refractivity contribution is -0.164. The Morgan fingerprint density at radius 2 is 0.667 bits per heavy atom. The first-order valence-electron chi connectivity index (χ1n) is 28.6. The lowest BCUT2D eigenvalue weighted by atomic mass is 9.83. The highest BCUT2D eigenvalue weighted by Gasteiger charge is 2.47. The van der Waals surface area contributed by atoms with Crippen molar-refractivity contribution < 1.29 is 24.6 Å². The number of carbonyl (C=O) groups excluding carboxylic acids is 1. The average molecular weight is 891 g/mol. The van der Waals surface area contributed by atoms with Crippen molar-refractivity contribution in [1.82, 2.24) is 4.90 Å². The Morgan fingerprint density at radius 3 is 0.937 bits per heavy atom. The SMILES string of the molecule is CCCCCCCCCCCCCCCCCCCCCCN(C(=O)C(CC)CCCC)[C@@](CCCCCCCCCCCCCCCCCCCCCC)(CCC(=O)O)C(=O)O. The van der Waals surface area contributed by atoms with Crippen LogP contribution in [0.1, 0.15) is 329 Å². The molecule has 0 heterocycles. The molecule has 0 radical (unpaired) electrons. The summed E-state index contributed by atoms with van der Waals surface area (Å²) in [6.45, 7) is 9.14. The van der Waals surface area contributed by atoms with Crippen molar-refractivity contribution in [3.8, 4) is 0 Å². The molecule has 0 fully saturated rings. The number of carbonyl (C=O) groups is 3. The zero-order valence-electron chi connectivity index (χ0n) is 43.1. The molecule has 0 aliphatic rings. The fraction of sp³-hybridized carbons (Fsp3) is 0.947. The molecule has 1 unspecified atom stereocenters. The molecule has 0 aliphatic heterocycles. The molecule has 0 rings (SSSR count). The first-order valence-corrected chi connectivity index (χ1v) is 28.6. The van der Waals surface area contributed by atoms with Crippen LogP contribution in [0.3, 0.4) is 0 Å². The highest BCUT2D eigenvalue weighted by atomic mass is 16.4. The third-order valence-corrected chi connectivity index (χ3v) is 14.4. The third-order valence-electron chi connectivity index (χ3n) is 14.4. The van der Waals surface area contributed by atoms with Gasteiger partial charge in [-0.3, -0.25) is 9.59 Å². The Bertz CT molecular complexity index is 1000. The van der Waals surface area contributed by atoms with Gasteiger partial charge in [0.2, 0.25) is 5.91 Å². The van der Waals surface area contributed by atoms with E-state index in [-0.39, 0.29) is 24.7 Å². The number of unbranched alkanes of at least 4 members (excludes halogenated alkanes) is 39. The zero-order valence-corrected chi connectivity index (χ0v) is 43.1. The summed E-state index contributed by atoms with van der Waals surface area (Å²) in [6, 6.07) is 0. The zero-order chi connectivity index (χ0) is 46.3. The number of carboxylic acid groups (broad SMARTS) is 2. The van der Waals surface area contributed by atoms with Crippen molar-refractivity contribution in [2.75, 3.05) is 6.54 Å². The Morgan fingerprint density at radius 1 is 0.381 bits per heavy atom. The first kappa shape index (κ1) is 61.4. The van der Waals surface area contributed by atoms with Gasteiger partial charge in [-0.05, 0) is 32.1 Å². The lowest BCUT2D eigenvalue weighted by Crippen LogP contribution is -2.59. The molecular formula is C57H111NO5. The van der Waals surface area contributed by atoms with E-state index in [9.17, 15) is 24.6 Å². The molecule has 0 saturated heterocycles. The van der Waals surface area contributed by atoms with Gasteiger partial charge >= 0.3 is 11.9 Å². The van der Waals surface area contributed by atoms with Gasteiger partial charge in [0.15, 0.2) is 0 Å². The summed E-state index contributed by atoms with van der Waals surface area (Å²) in [5.41, 5.74) is -1.46. The lowest BCUT2D eigenvalue weighted by Gasteiger charge is -2.42. The Kier molecular flexibility index (Phi) is 45.7. The van der Waals surface area contributed by atoms with E-state index in [1.54, 1.807) is 4.90 Å². The van der Waals surface area contributed by atoms with E-state index in [0.717, 1.165) is 57.8 Å². The summed E-state index contributed by atoms with van der Waals surface area (Å²) in [4.78, 5) is 41.3. The second-order valence-electron chi connectivity index (χ2n) is 20.2. The highest BCUT2D eigenvalue weighted by molar-refractivity contribution is 5.88. The molecule has 0 aliphatic carbocycles. The second-order valence-corrected chi connectivity index (χ2v) is 20.2. The van der Waals surface area contributed by atoms with Gasteiger partial charge in [0, 0.05) is 18.9 Å². The maximum atomic E-state index is 14.3. The smallest absolute Gasteiger partial charge is 0.329 e. The third kappa shape index (κ3) is 36.2. The molecule has 2 atom stereocenters. The van der Waals surface area contributed by atoms with Crippen LogP contribution in [0, 0.1) is 5.92 Å². The largest absolute Gasteiger partial charge is 0.481 e. The van der Waals surface area contributed by atoms with Crippen LogP contribution < -0.4 is 0 Å². The van der Waals surface area contributed by atoms with Crippen LogP contribution in [0.15, 0.2) is 0 Å². The molecular weight excluding hydrogens is 779 g/mol. The van der Waals surface area contributed by atoms with E-state index in [4.69, 9.17) is 0 Å². The van der Waals surface area contributed by atoms with Crippen molar-refractivity contribution in [3.63, 3.8) is 0 Å². The van der Waals surface area contributed by atoms with E-state index in [1.807, 2.05) is 6.92 Å². The Labute approximate surface area is 393 Å². The molecule has 0 saturated carbocycles. The topological polar surface area (TPSA) is 94.9 Å². The van der Waals surface area contributed by atoms with Crippen molar-refractivity contribution in [2.24, 2.45) is 5.92 Å². The van der Waals surface area contributed by atoms with Crippen LogP contribution in [-0.4, -0.2) is 45.0 Å². The number of amides is 1. The Balaban J connectivity index is 4.72. The van der Waals surface area contributed by atoms with E-state index in [2.05, 4.69) is 20.8 Å². The van der Waals surface area contributed by atoms with Crippen LogP contribution >= 0.6 is 0 Å². The van der Waals surface area contributed by atoms with Crippen molar-refractivity contribution >= 4 is 17.8 Å². The monoisotopic (exact) mass is 890 g/mol. The number of rotatable bonds is 52. The average Bonchev–Trinajstić information content (AvgIpc) is 3.27. The predicted octanol–water partition coefficient (Wildman–Crippen LogP) is 18.8. The molecule has 0 aromatic rings. The van der Waals surface area contributed by atoms with Gasteiger partial charge in [0.05, 0.1) is 0 Å². The van der Waals surface area contributed by atoms with Crippen LogP contribution in [0.5, 0.6) is 0 Å². The van der Waals surface area contributed by atoms with Crippen molar-refractivity contribution in [1.29, 1.82) is 0 Å². The van der Waals surface area contributed by atoms with Gasteiger partial charge in [-0.15, -0.1) is 0 Å². The standard InChI is InChI=1S/C57H111NO5/c1-5-9-12-14-16-18-20-22-24-26-28-30-32-34-36-38-40-42-44-46-50-57(56(62)63,51-49-54(59)60)58(55(61)53(8-4)48-11-7-3)52-47-45-43-41-39-37-35-33-31-29-27-25-23-21-19-17-15-13-10-6-2/h53H,5-52H2,1-4H3,(H,59,60)(H,62,63)/t53?,57-/m0/s1. The van der Waals surface area contributed by atoms with Gasteiger partial charge in [0.25, 0.3) is 0 Å². The van der Waals surface area contributed by atoms with Crippen molar-refractivity contribution in [2.45, 2.75) is 335 Å². The molecule has 374 valence electrons. The maximum Gasteiger partial charge on any atom is 0.329 e. The minimum atomic E-state index is -1.46. The minimum Gasteiger partial charge on any atom is -0.481 e. The van der Waals surface area contributed by atoms with E-state index in [0.29, 0.717) is 25.8 Å². The quantitative estimate of drug-likeness (QED) is 0.0593. The van der Waals surface area contributed by atoms with Gasteiger partial charge in [-0.2, -0.15) is 0 Å². The normalized spacial score (nSPS) is 13.0. The molecule has 6 heteroatoms. The summed E-state index contributed by atoms with van der Waals surface area (Å²) in [5, 5.41) is 20.7. The summed E-state index contributed by atoms with van der Waals surface area (Å²) in [7, 11) is 0. The number of hydrogen-bond acceptors (Lipinski definition) is 3. The molecule has 0 spiro atoms. The van der Waals surface area contributed by atoms with E-state index in [1.165, 1.54) is 212 Å². The molecule has 0 aromatic heterocycles. The maximum absolute atomic E-state index is 14.3. The van der Waals surface area contributed by atoms with Crippen LogP contribution in [0.25, 0.3) is 0 Å². The second kappa shape index (κ2) is 46.9. The summed E-state index contributed by atoms with van der Waals surface area (Å²) >= 11 is 0. The van der Waals surface area contributed by atoms with Crippen LogP contribution in [0.2, 0.25) is 0 Å². The molecule has 0 aromatic carbocycles. The molecule has 0 bridgehead atoms. The molecule has 63 heavy (non-hydrogen) atoms. The van der Waals surface area contributed by atoms with Gasteiger partial charge in [-0.1, -0.05) is 291 Å². The summed E-state index contributed by atoms with van der Waals surface area (Å²) < 4.78 is 0. The van der Waals surface area contributed by atoms with E-state index < -0.39 is 17.5 Å². The van der Waals surface area contributed by atoms with E-state index >= 15 is 0 Å². The molecule has 1 amide bonds. The predicted molar refractivity (Wildman–Crippen MR) is 273 cm³/mol. The number of nitrogens with zero attached hydrogens (tertiary/aromatic N) is 1. The Hall–Kier alpha value is -1.59. The summed E-state index contributed by atoms with van der Waals surface area (Å²) in [6.07, 6.45) is 55.2. The van der Waals surface area contributed by atoms with Crippen molar-refractivity contribution in [3.05, 3.63) is 0 Å². The fourth-order valence-electron chi connectivity index (χ4n) is 9.94. The van der Waals surface area contributed by atoms with Gasteiger partial charge in [0.1, 0.15) is 5.54 Å². The number of hydrogen-bond donors (Lipinski definition) is 2. The van der Waals surface area contributed by atoms with Gasteiger partial charge in [-0.25, -0.2) is 4.79 Å². The molecule has 6 nitrogen and oxygen atoms in total. The minimum absolute atomic E-state index is 0.0219. The first-order chi connectivity index (χ1) is 30.8. The van der Waals surface area contributed by atoms with Gasteiger partial charge < -0.3 is 15.1 Å². The van der Waals surface area contributed by atoms with Crippen LogP contribution in [-0.2, 0) is 14.4 Å². The van der Waals surface area contributed by atoms with Crippen LogP contribution in [0.4, 0.5) is 0 Å².